The highest BCUT2D eigenvalue weighted by Crippen LogP contribution is 2.45. The first-order valence-corrected chi connectivity index (χ1v) is 5.43. The van der Waals surface area contributed by atoms with Crippen molar-refractivity contribution >= 4 is 5.91 Å². The molecular formula is C11H19NO. The molecule has 0 radical (unpaired) electrons. The quantitative estimate of drug-likeness (QED) is 0.694. The molecule has 2 nitrogen and oxygen atoms in total. The van der Waals surface area contributed by atoms with Gasteiger partial charge in [0, 0.05) is 11.5 Å². The molecule has 0 bridgehead atoms. The predicted octanol–water partition coefficient (Wildman–Crippen LogP) is 2.09. The van der Waals surface area contributed by atoms with Crippen molar-refractivity contribution in [3.63, 3.8) is 0 Å². The highest BCUT2D eigenvalue weighted by atomic mass is 16.2. The average molecular weight is 181 g/mol. The second-order valence-electron chi connectivity index (χ2n) is 5.05. The van der Waals surface area contributed by atoms with E-state index in [0.717, 1.165) is 12.8 Å². The molecule has 2 heteroatoms. The van der Waals surface area contributed by atoms with Crippen LogP contribution in [0.1, 0.15) is 46.0 Å². The van der Waals surface area contributed by atoms with E-state index in [9.17, 15) is 4.79 Å². The van der Waals surface area contributed by atoms with Crippen LogP contribution in [0.2, 0.25) is 0 Å². The molecule has 2 rings (SSSR count). The first kappa shape index (κ1) is 9.04. The molecule has 2 atom stereocenters. The van der Waals surface area contributed by atoms with Crippen molar-refractivity contribution in [1.82, 2.24) is 5.32 Å². The summed E-state index contributed by atoms with van der Waals surface area (Å²) >= 11 is 0. The van der Waals surface area contributed by atoms with Crippen LogP contribution in [-0.4, -0.2) is 11.9 Å². The van der Waals surface area contributed by atoms with Crippen molar-refractivity contribution in [2.45, 2.75) is 52.0 Å². The fourth-order valence-electron chi connectivity index (χ4n) is 2.12. The number of nitrogens with one attached hydrogen (secondary N) is 1. The Bertz CT molecular complexity index is 220. The van der Waals surface area contributed by atoms with Crippen molar-refractivity contribution in [3.05, 3.63) is 0 Å². The van der Waals surface area contributed by atoms with Crippen molar-refractivity contribution in [3.8, 4) is 0 Å². The Hall–Kier alpha value is -0.530. The Labute approximate surface area is 80.1 Å². The molecule has 0 aliphatic heterocycles. The van der Waals surface area contributed by atoms with Crippen LogP contribution >= 0.6 is 0 Å². The standard InChI is InChI=1S/C11H19NO/c1-8-4-3-5-9(8)12-10(13)11(2)6-7-11/h8-9H,3-7H2,1-2H3,(H,12,13). The Kier molecular flexibility index (Phi) is 2.09. The monoisotopic (exact) mass is 181 g/mol. The Morgan fingerprint density at radius 3 is 2.54 bits per heavy atom. The van der Waals surface area contributed by atoms with Gasteiger partial charge in [-0.05, 0) is 31.6 Å². The lowest BCUT2D eigenvalue weighted by Gasteiger charge is -2.19. The molecule has 0 saturated heterocycles. The minimum Gasteiger partial charge on any atom is -0.353 e. The summed E-state index contributed by atoms with van der Waals surface area (Å²) in [6.07, 6.45) is 5.91. The van der Waals surface area contributed by atoms with Gasteiger partial charge in [-0.25, -0.2) is 0 Å². The number of carbonyl (C=O) groups excluding carboxylic acids is 1. The molecule has 2 saturated carbocycles. The van der Waals surface area contributed by atoms with Gasteiger partial charge in [0.05, 0.1) is 0 Å². The number of carbonyl (C=O) groups is 1. The summed E-state index contributed by atoms with van der Waals surface area (Å²) in [5, 5.41) is 3.19. The molecule has 0 spiro atoms. The van der Waals surface area contributed by atoms with Gasteiger partial charge < -0.3 is 5.32 Å². The fourth-order valence-corrected chi connectivity index (χ4v) is 2.12. The number of hydrogen-bond donors (Lipinski definition) is 1. The predicted molar refractivity (Wildman–Crippen MR) is 52.3 cm³/mol. The topological polar surface area (TPSA) is 29.1 Å². The fraction of sp³-hybridized carbons (Fsp3) is 0.909. The zero-order valence-corrected chi connectivity index (χ0v) is 8.60. The summed E-state index contributed by atoms with van der Waals surface area (Å²) in [4.78, 5) is 11.7. The van der Waals surface area contributed by atoms with Crippen LogP contribution in [0.25, 0.3) is 0 Å². The van der Waals surface area contributed by atoms with Gasteiger partial charge in [0.25, 0.3) is 0 Å². The van der Waals surface area contributed by atoms with Crippen LogP contribution in [-0.2, 0) is 4.79 Å². The third-order valence-corrected chi connectivity index (χ3v) is 3.73. The zero-order chi connectivity index (χ0) is 9.47. The third-order valence-electron chi connectivity index (χ3n) is 3.73. The molecule has 0 aromatic rings. The second kappa shape index (κ2) is 3.00. The van der Waals surface area contributed by atoms with Crippen LogP contribution in [0.15, 0.2) is 0 Å². The van der Waals surface area contributed by atoms with Gasteiger partial charge in [-0.15, -0.1) is 0 Å². The maximum atomic E-state index is 11.7. The average Bonchev–Trinajstić information content (AvgIpc) is 2.72. The van der Waals surface area contributed by atoms with E-state index >= 15 is 0 Å². The lowest BCUT2D eigenvalue weighted by atomic mass is 10.0. The van der Waals surface area contributed by atoms with Crippen molar-refractivity contribution in [1.29, 1.82) is 0 Å². The molecule has 74 valence electrons. The minimum absolute atomic E-state index is 0.00229. The Balaban J connectivity index is 1.87. The first-order chi connectivity index (χ1) is 6.12. The largest absolute Gasteiger partial charge is 0.353 e. The highest BCUT2D eigenvalue weighted by Gasteiger charge is 2.45. The van der Waals surface area contributed by atoms with E-state index in [1.807, 2.05) is 0 Å². The van der Waals surface area contributed by atoms with Crippen LogP contribution in [0.3, 0.4) is 0 Å². The summed E-state index contributed by atoms with van der Waals surface area (Å²) in [6, 6.07) is 0.463. The van der Waals surface area contributed by atoms with E-state index in [4.69, 9.17) is 0 Å². The van der Waals surface area contributed by atoms with E-state index in [1.165, 1.54) is 19.3 Å². The molecular weight excluding hydrogens is 162 g/mol. The maximum Gasteiger partial charge on any atom is 0.226 e. The van der Waals surface area contributed by atoms with Gasteiger partial charge in [0.1, 0.15) is 0 Å². The van der Waals surface area contributed by atoms with E-state index in [0.29, 0.717) is 17.9 Å². The lowest BCUT2D eigenvalue weighted by Crippen LogP contribution is -2.40. The van der Waals surface area contributed by atoms with Gasteiger partial charge in [-0.3, -0.25) is 4.79 Å². The van der Waals surface area contributed by atoms with Gasteiger partial charge in [-0.2, -0.15) is 0 Å². The van der Waals surface area contributed by atoms with Gasteiger partial charge in [0.15, 0.2) is 0 Å². The molecule has 2 fully saturated rings. The lowest BCUT2D eigenvalue weighted by molar-refractivity contribution is -0.126. The zero-order valence-electron chi connectivity index (χ0n) is 8.60. The summed E-state index contributed by atoms with van der Waals surface area (Å²) in [7, 11) is 0. The second-order valence-corrected chi connectivity index (χ2v) is 5.05. The van der Waals surface area contributed by atoms with Crippen LogP contribution in [0.5, 0.6) is 0 Å². The van der Waals surface area contributed by atoms with Gasteiger partial charge in [-0.1, -0.05) is 20.3 Å². The first-order valence-electron chi connectivity index (χ1n) is 5.43. The molecule has 2 unspecified atom stereocenters. The number of hydrogen-bond acceptors (Lipinski definition) is 1. The van der Waals surface area contributed by atoms with E-state index in [2.05, 4.69) is 19.2 Å². The van der Waals surface area contributed by atoms with Crippen molar-refractivity contribution in [2.24, 2.45) is 11.3 Å². The Morgan fingerprint density at radius 1 is 1.38 bits per heavy atom. The number of amides is 1. The molecule has 2 aliphatic carbocycles. The summed E-state index contributed by atoms with van der Waals surface area (Å²) in [5.41, 5.74) is 0.00229. The summed E-state index contributed by atoms with van der Waals surface area (Å²) in [6.45, 7) is 4.31. The Morgan fingerprint density at radius 2 is 2.08 bits per heavy atom. The van der Waals surface area contributed by atoms with Gasteiger partial charge >= 0.3 is 0 Å². The van der Waals surface area contributed by atoms with Crippen molar-refractivity contribution < 1.29 is 4.79 Å². The van der Waals surface area contributed by atoms with Crippen molar-refractivity contribution in [2.75, 3.05) is 0 Å². The van der Waals surface area contributed by atoms with Crippen LogP contribution < -0.4 is 5.32 Å². The molecule has 1 N–H and O–H groups in total. The third kappa shape index (κ3) is 1.72. The van der Waals surface area contributed by atoms with E-state index in [-0.39, 0.29) is 5.41 Å². The normalized spacial score (nSPS) is 35.8. The highest BCUT2D eigenvalue weighted by molar-refractivity contribution is 5.85. The maximum absolute atomic E-state index is 11.7. The van der Waals surface area contributed by atoms with Crippen LogP contribution in [0, 0.1) is 11.3 Å². The summed E-state index contributed by atoms with van der Waals surface area (Å²) < 4.78 is 0. The van der Waals surface area contributed by atoms with E-state index in [1.54, 1.807) is 0 Å². The van der Waals surface area contributed by atoms with E-state index < -0.39 is 0 Å². The smallest absolute Gasteiger partial charge is 0.226 e. The molecule has 0 aromatic carbocycles. The SMILES string of the molecule is CC1CCCC1NC(=O)C1(C)CC1. The van der Waals surface area contributed by atoms with Gasteiger partial charge in [0.2, 0.25) is 5.91 Å². The molecule has 1 amide bonds. The minimum atomic E-state index is 0.00229. The summed E-state index contributed by atoms with van der Waals surface area (Å²) in [5.74, 6) is 0.984. The molecule has 0 aromatic heterocycles. The molecule has 13 heavy (non-hydrogen) atoms. The molecule has 0 heterocycles. The number of rotatable bonds is 2. The van der Waals surface area contributed by atoms with Crippen LogP contribution in [0.4, 0.5) is 0 Å². The molecule has 2 aliphatic rings.